The minimum absolute atomic E-state index is 0.435. The number of hydrogen-bond acceptors (Lipinski definition) is 3. The van der Waals surface area contributed by atoms with Crippen LogP contribution < -0.4 is 5.32 Å². The number of aliphatic imine (C=N–C) groups is 1. The lowest BCUT2D eigenvalue weighted by molar-refractivity contribution is 0.865. The number of halogens is 1. The Balaban J connectivity index is 2.19. The van der Waals surface area contributed by atoms with Gasteiger partial charge in [0, 0.05) is 15.9 Å². The third kappa shape index (κ3) is 2.61. The van der Waals surface area contributed by atoms with Gasteiger partial charge in [-0.05, 0) is 44.0 Å². The number of thioether (sulfide) groups is 1. The number of nitrogens with one attached hydrogen (secondary N) is 1. The SMILES string of the molecule is Cc1cc(NC2=NC(C)CS2)cc(C)c1Br. The van der Waals surface area contributed by atoms with Crippen LogP contribution in [0, 0.1) is 13.8 Å². The van der Waals surface area contributed by atoms with Crippen LogP contribution in [0.4, 0.5) is 5.69 Å². The van der Waals surface area contributed by atoms with Gasteiger partial charge in [0.1, 0.15) is 0 Å². The van der Waals surface area contributed by atoms with Gasteiger partial charge in [-0.1, -0.05) is 27.7 Å². The van der Waals surface area contributed by atoms with Crippen molar-refractivity contribution >= 4 is 38.5 Å². The summed E-state index contributed by atoms with van der Waals surface area (Å²) in [4.78, 5) is 4.52. The summed E-state index contributed by atoms with van der Waals surface area (Å²) in [6.45, 7) is 6.35. The van der Waals surface area contributed by atoms with E-state index in [-0.39, 0.29) is 0 Å². The van der Waals surface area contributed by atoms with Crippen LogP contribution >= 0.6 is 27.7 Å². The van der Waals surface area contributed by atoms with Gasteiger partial charge in [0.05, 0.1) is 6.04 Å². The molecule has 0 spiro atoms. The van der Waals surface area contributed by atoms with Crippen LogP contribution in [0.1, 0.15) is 18.1 Å². The van der Waals surface area contributed by atoms with Crippen molar-refractivity contribution in [3.63, 3.8) is 0 Å². The maximum Gasteiger partial charge on any atom is 0.161 e. The van der Waals surface area contributed by atoms with Crippen molar-refractivity contribution < 1.29 is 0 Å². The number of benzene rings is 1. The first kappa shape index (κ1) is 12.0. The van der Waals surface area contributed by atoms with Crippen molar-refractivity contribution in [2.45, 2.75) is 26.8 Å². The fraction of sp³-hybridized carbons (Fsp3) is 0.417. The molecule has 0 aromatic heterocycles. The third-order valence-electron chi connectivity index (χ3n) is 2.49. The predicted molar refractivity (Wildman–Crippen MR) is 76.6 cm³/mol. The van der Waals surface area contributed by atoms with E-state index in [1.54, 1.807) is 11.8 Å². The van der Waals surface area contributed by atoms with E-state index >= 15 is 0 Å². The summed E-state index contributed by atoms with van der Waals surface area (Å²) < 4.78 is 1.19. The molecule has 1 atom stereocenters. The van der Waals surface area contributed by atoms with Crippen molar-refractivity contribution in [3.05, 3.63) is 27.7 Å². The second-order valence-corrected chi connectivity index (χ2v) is 5.95. The molecule has 0 saturated heterocycles. The zero-order chi connectivity index (χ0) is 11.7. The Morgan fingerprint density at radius 3 is 2.50 bits per heavy atom. The van der Waals surface area contributed by atoms with Crippen LogP contribution in [0.3, 0.4) is 0 Å². The molecule has 1 unspecified atom stereocenters. The molecule has 0 aliphatic carbocycles. The van der Waals surface area contributed by atoms with Crippen molar-refractivity contribution in [2.24, 2.45) is 4.99 Å². The largest absolute Gasteiger partial charge is 0.335 e. The zero-order valence-electron chi connectivity index (χ0n) is 9.67. The molecule has 2 rings (SSSR count). The molecule has 1 aliphatic heterocycles. The molecule has 1 N–H and O–H groups in total. The second kappa shape index (κ2) is 4.80. The van der Waals surface area contributed by atoms with Gasteiger partial charge in [0.2, 0.25) is 0 Å². The van der Waals surface area contributed by atoms with Gasteiger partial charge in [0.15, 0.2) is 5.17 Å². The summed E-state index contributed by atoms with van der Waals surface area (Å²) in [6, 6.07) is 4.72. The van der Waals surface area contributed by atoms with Crippen LogP contribution in [0.5, 0.6) is 0 Å². The standard InChI is InChI=1S/C12H15BrN2S/c1-7-4-10(5-8(2)11(7)13)15-12-14-9(3)6-16-12/h4-5,9H,6H2,1-3H3,(H,14,15). The molecular formula is C12H15BrN2S. The van der Waals surface area contributed by atoms with Crippen LogP contribution in [-0.2, 0) is 0 Å². The van der Waals surface area contributed by atoms with Gasteiger partial charge in [0.25, 0.3) is 0 Å². The molecule has 0 fully saturated rings. The van der Waals surface area contributed by atoms with Gasteiger partial charge in [-0.2, -0.15) is 0 Å². The smallest absolute Gasteiger partial charge is 0.161 e. The zero-order valence-corrected chi connectivity index (χ0v) is 12.1. The summed E-state index contributed by atoms with van der Waals surface area (Å²) in [6.07, 6.45) is 0. The summed E-state index contributed by atoms with van der Waals surface area (Å²) in [5.74, 6) is 1.08. The predicted octanol–water partition coefficient (Wildman–Crippen LogP) is 3.97. The Kier molecular flexibility index (Phi) is 3.60. The molecular weight excluding hydrogens is 284 g/mol. The lowest BCUT2D eigenvalue weighted by atomic mass is 10.1. The van der Waals surface area contributed by atoms with E-state index in [0.717, 1.165) is 16.6 Å². The Hall–Kier alpha value is -0.480. The highest BCUT2D eigenvalue weighted by Crippen LogP contribution is 2.26. The van der Waals surface area contributed by atoms with E-state index in [4.69, 9.17) is 0 Å². The molecule has 1 aliphatic rings. The third-order valence-corrected chi connectivity index (χ3v) is 4.87. The van der Waals surface area contributed by atoms with E-state index in [1.807, 2.05) is 0 Å². The van der Waals surface area contributed by atoms with Gasteiger partial charge >= 0.3 is 0 Å². The van der Waals surface area contributed by atoms with E-state index in [0.29, 0.717) is 6.04 Å². The topological polar surface area (TPSA) is 24.4 Å². The Bertz CT molecular complexity index is 420. The molecule has 16 heavy (non-hydrogen) atoms. The fourth-order valence-electron chi connectivity index (χ4n) is 1.68. The average molecular weight is 299 g/mol. The van der Waals surface area contributed by atoms with Crippen molar-refractivity contribution in [1.29, 1.82) is 0 Å². The molecule has 1 aromatic rings. The summed E-state index contributed by atoms with van der Waals surface area (Å²) >= 11 is 5.36. The molecule has 0 amide bonds. The first-order valence-electron chi connectivity index (χ1n) is 5.30. The number of nitrogens with zero attached hydrogens (tertiary/aromatic N) is 1. The van der Waals surface area contributed by atoms with Crippen molar-refractivity contribution in [1.82, 2.24) is 0 Å². The number of rotatable bonds is 1. The van der Waals surface area contributed by atoms with Crippen molar-refractivity contribution in [3.8, 4) is 0 Å². The lowest BCUT2D eigenvalue weighted by Crippen LogP contribution is -2.05. The highest BCUT2D eigenvalue weighted by atomic mass is 79.9. The normalized spacial score (nSPS) is 19.8. The molecule has 4 heteroatoms. The van der Waals surface area contributed by atoms with Gasteiger partial charge < -0.3 is 5.32 Å². The second-order valence-electron chi connectivity index (χ2n) is 4.14. The van der Waals surface area contributed by atoms with E-state index in [9.17, 15) is 0 Å². The highest BCUT2D eigenvalue weighted by Gasteiger charge is 2.14. The average Bonchev–Trinajstić information content (AvgIpc) is 2.60. The first-order chi connectivity index (χ1) is 7.56. The van der Waals surface area contributed by atoms with Crippen molar-refractivity contribution in [2.75, 3.05) is 11.1 Å². The maximum atomic E-state index is 4.52. The molecule has 86 valence electrons. The number of aryl methyl sites for hydroxylation is 2. The Morgan fingerprint density at radius 1 is 1.38 bits per heavy atom. The number of amidine groups is 1. The van der Waals surface area contributed by atoms with E-state index < -0.39 is 0 Å². The molecule has 2 nitrogen and oxygen atoms in total. The molecule has 1 aromatic carbocycles. The quantitative estimate of drug-likeness (QED) is 0.848. The van der Waals surface area contributed by atoms with Crippen LogP contribution in [0.25, 0.3) is 0 Å². The van der Waals surface area contributed by atoms with Crippen LogP contribution in [-0.4, -0.2) is 17.0 Å². The minimum atomic E-state index is 0.435. The lowest BCUT2D eigenvalue weighted by Gasteiger charge is -2.09. The van der Waals surface area contributed by atoms with E-state index in [1.165, 1.54) is 15.6 Å². The highest BCUT2D eigenvalue weighted by molar-refractivity contribution is 9.10. The van der Waals surface area contributed by atoms with Gasteiger partial charge in [-0.3, -0.25) is 4.99 Å². The minimum Gasteiger partial charge on any atom is -0.335 e. The number of anilines is 1. The van der Waals surface area contributed by atoms with Crippen LogP contribution in [0.2, 0.25) is 0 Å². The molecule has 0 bridgehead atoms. The van der Waals surface area contributed by atoms with E-state index in [2.05, 4.69) is 59.1 Å². The summed E-state index contributed by atoms with van der Waals surface area (Å²) in [5.41, 5.74) is 3.62. The Morgan fingerprint density at radius 2 is 2.00 bits per heavy atom. The number of hydrogen-bond donors (Lipinski definition) is 1. The monoisotopic (exact) mass is 298 g/mol. The first-order valence-corrected chi connectivity index (χ1v) is 7.08. The summed E-state index contributed by atoms with van der Waals surface area (Å²) in [5, 5.41) is 4.41. The fourth-order valence-corrected chi connectivity index (χ4v) is 2.83. The Labute approximate surface area is 109 Å². The van der Waals surface area contributed by atoms with Crippen LogP contribution in [0.15, 0.2) is 21.6 Å². The molecule has 0 radical (unpaired) electrons. The molecule has 1 heterocycles. The molecule has 0 saturated carbocycles. The van der Waals surface area contributed by atoms with Gasteiger partial charge in [-0.25, -0.2) is 0 Å². The maximum absolute atomic E-state index is 4.52. The summed E-state index contributed by atoms with van der Waals surface area (Å²) in [7, 11) is 0. The van der Waals surface area contributed by atoms with Gasteiger partial charge in [-0.15, -0.1) is 0 Å².